The van der Waals surface area contributed by atoms with Gasteiger partial charge in [0.1, 0.15) is 28.8 Å². The molecule has 0 spiro atoms. The fraction of sp³-hybridized carbons (Fsp3) is 0.286. The SMILES string of the molecule is N#Cc1c(N)nc2c(c1-c1cc3ccccc3o1)CN(C(=O)C1CC1)CC2. The highest BCUT2D eigenvalue weighted by Crippen LogP contribution is 2.39. The van der Waals surface area contributed by atoms with Crippen LogP contribution in [-0.2, 0) is 17.8 Å². The standard InChI is InChI=1S/C21H18N4O2/c22-10-14-19(18-9-13-3-1-2-4-17(13)27-18)15-11-25(21(26)12-5-6-12)8-7-16(15)24-20(14)23/h1-4,9,12H,5-8,11H2,(H2,23,24). The predicted octanol–water partition coefficient (Wildman–Crippen LogP) is 3.24. The number of carbonyl (C=O) groups is 1. The van der Waals surface area contributed by atoms with E-state index in [0.29, 0.717) is 36.4 Å². The molecule has 134 valence electrons. The summed E-state index contributed by atoms with van der Waals surface area (Å²) in [5.41, 5.74) is 9.54. The van der Waals surface area contributed by atoms with E-state index in [0.717, 1.165) is 35.1 Å². The van der Waals surface area contributed by atoms with Gasteiger partial charge in [0.05, 0.1) is 5.69 Å². The minimum absolute atomic E-state index is 0.165. The first kappa shape index (κ1) is 15.9. The van der Waals surface area contributed by atoms with E-state index in [4.69, 9.17) is 10.2 Å². The molecule has 3 heterocycles. The fourth-order valence-corrected chi connectivity index (χ4v) is 3.85. The molecule has 1 aliphatic carbocycles. The molecule has 0 saturated heterocycles. The number of nitriles is 1. The van der Waals surface area contributed by atoms with Crippen molar-refractivity contribution >= 4 is 22.7 Å². The summed E-state index contributed by atoms with van der Waals surface area (Å²) in [6, 6.07) is 11.8. The zero-order valence-electron chi connectivity index (χ0n) is 14.7. The number of furan rings is 1. The molecule has 2 N–H and O–H groups in total. The van der Waals surface area contributed by atoms with Gasteiger partial charge in [0.15, 0.2) is 0 Å². The Morgan fingerprint density at radius 2 is 2.15 bits per heavy atom. The molecule has 0 atom stereocenters. The molecular formula is C21H18N4O2. The zero-order valence-corrected chi connectivity index (χ0v) is 14.7. The molecule has 27 heavy (non-hydrogen) atoms. The van der Waals surface area contributed by atoms with E-state index < -0.39 is 0 Å². The van der Waals surface area contributed by atoms with E-state index >= 15 is 0 Å². The Labute approximate surface area is 156 Å². The van der Waals surface area contributed by atoms with Gasteiger partial charge in [-0.3, -0.25) is 4.79 Å². The van der Waals surface area contributed by atoms with Crippen molar-refractivity contribution < 1.29 is 9.21 Å². The van der Waals surface area contributed by atoms with Crippen LogP contribution in [0.2, 0.25) is 0 Å². The number of fused-ring (bicyclic) bond motifs is 2. The van der Waals surface area contributed by atoms with E-state index in [9.17, 15) is 10.1 Å². The van der Waals surface area contributed by atoms with Gasteiger partial charge in [-0.2, -0.15) is 5.26 Å². The highest BCUT2D eigenvalue weighted by molar-refractivity contribution is 5.87. The van der Waals surface area contributed by atoms with Crippen LogP contribution in [0, 0.1) is 17.2 Å². The number of hydrogen-bond donors (Lipinski definition) is 1. The van der Waals surface area contributed by atoms with Crippen LogP contribution in [0.1, 0.15) is 29.7 Å². The van der Waals surface area contributed by atoms with E-state index in [1.807, 2.05) is 35.2 Å². The molecule has 0 radical (unpaired) electrons. The van der Waals surface area contributed by atoms with Crippen molar-refractivity contribution in [3.05, 3.63) is 47.2 Å². The van der Waals surface area contributed by atoms with Crippen molar-refractivity contribution in [3.63, 3.8) is 0 Å². The van der Waals surface area contributed by atoms with Crippen LogP contribution >= 0.6 is 0 Å². The molecule has 1 fully saturated rings. The number of aromatic nitrogens is 1. The summed E-state index contributed by atoms with van der Waals surface area (Å²) in [6.45, 7) is 1.08. The second-order valence-corrected chi connectivity index (χ2v) is 7.22. The number of anilines is 1. The Kier molecular flexibility index (Phi) is 3.44. The van der Waals surface area contributed by atoms with E-state index in [2.05, 4.69) is 11.1 Å². The summed E-state index contributed by atoms with van der Waals surface area (Å²) >= 11 is 0. The monoisotopic (exact) mass is 358 g/mol. The van der Waals surface area contributed by atoms with Crippen molar-refractivity contribution in [1.29, 1.82) is 5.26 Å². The third-order valence-corrected chi connectivity index (χ3v) is 5.40. The first-order valence-electron chi connectivity index (χ1n) is 9.14. The molecule has 6 heteroatoms. The van der Waals surface area contributed by atoms with E-state index in [1.54, 1.807) is 0 Å². The maximum Gasteiger partial charge on any atom is 0.225 e. The molecular weight excluding hydrogens is 340 g/mol. The van der Waals surface area contributed by atoms with Crippen LogP contribution < -0.4 is 5.73 Å². The first-order valence-corrected chi connectivity index (χ1v) is 9.14. The van der Waals surface area contributed by atoms with Gasteiger partial charge in [0.25, 0.3) is 0 Å². The first-order chi connectivity index (χ1) is 13.2. The number of carbonyl (C=O) groups excluding carboxylic acids is 1. The lowest BCUT2D eigenvalue weighted by Gasteiger charge is -2.30. The Morgan fingerprint density at radius 1 is 1.33 bits per heavy atom. The minimum atomic E-state index is 0.165. The lowest BCUT2D eigenvalue weighted by atomic mass is 9.94. The lowest BCUT2D eigenvalue weighted by molar-refractivity contribution is -0.133. The molecule has 0 unspecified atom stereocenters. The van der Waals surface area contributed by atoms with Gasteiger partial charge in [-0.25, -0.2) is 4.98 Å². The molecule has 0 bridgehead atoms. The number of hydrogen-bond acceptors (Lipinski definition) is 5. The van der Waals surface area contributed by atoms with Gasteiger partial charge < -0.3 is 15.1 Å². The highest BCUT2D eigenvalue weighted by Gasteiger charge is 2.36. The minimum Gasteiger partial charge on any atom is -0.456 e. The number of amides is 1. The molecule has 1 aromatic carbocycles. The van der Waals surface area contributed by atoms with Crippen LogP contribution in [0.25, 0.3) is 22.3 Å². The molecule has 2 aliphatic rings. The molecule has 6 nitrogen and oxygen atoms in total. The lowest BCUT2D eigenvalue weighted by Crippen LogP contribution is -2.37. The second kappa shape index (κ2) is 5.85. The van der Waals surface area contributed by atoms with Crippen LogP contribution in [0.3, 0.4) is 0 Å². The van der Waals surface area contributed by atoms with Gasteiger partial charge in [-0.1, -0.05) is 18.2 Å². The number of rotatable bonds is 2. The van der Waals surface area contributed by atoms with Crippen molar-refractivity contribution in [1.82, 2.24) is 9.88 Å². The Morgan fingerprint density at radius 3 is 2.89 bits per heavy atom. The largest absolute Gasteiger partial charge is 0.456 e. The number of benzene rings is 1. The summed E-state index contributed by atoms with van der Waals surface area (Å²) in [7, 11) is 0. The predicted molar refractivity (Wildman–Crippen MR) is 100 cm³/mol. The van der Waals surface area contributed by atoms with Gasteiger partial charge in [-0.15, -0.1) is 0 Å². The molecule has 1 saturated carbocycles. The van der Waals surface area contributed by atoms with Crippen LogP contribution in [0.5, 0.6) is 0 Å². The summed E-state index contributed by atoms with van der Waals surface area (Å²) < 4.78 is 6.04. The fourth-order valence-electron chi connectivity index (χ4n) is 3.85. The van der Waals surface area contributed by atoms with Gasteiger partial charge in [0, 0.05) is 41.9 Å². The number of pyridine rings is 1. The average molecular weight is 358 g/mol. The molecule has 1 amide bonds. The summed E-state index contributed by atoms with van der Waals surface area (Å²) in [5.74, 6) is 1.18. The molecule has 2 aromatic heterocycles. The topological polar surface area (TPSA) is 96.2 Å². The summed E-state index contributed by atoms with van der Waals surface area (Å²) in [6.07, 6.45) is 2.58. The van der Waals surface area contributed by atoms with E-state index in [1.165, 1.54) is 0 Å². The maximum atomic E-state index is 12.6. The summed E-state index contributed by atoms with van der Waals surface area (Å²) in [5, 5.41) is 10.7. The Bertz CT molecular complexity index is 1090. The van der Waals surface area contributed by atoms with Gasteiger partial charge in [0.2, 0.25) is 5.91 Å². The van der Waals surface area contributed by atoms with E-state index in [-0.39, 0.29) is 17.6 Å². The third-order valence-electron chi connectivity index (χ3n) is 5.40. The number of nitrogens with two attached hydrogens (primary N) is 1. The highest BCUT2D eigenvalue weighted by atomic mass is 16.3. The third kappa shape index (κ3) is 2.55. The zero-order chi connectivity index (χ0) is 18.5. The Hall–Kier alpha value is -3.33. The maximum absolute atomic E-state index is 12.6. The molecule has 5 rings (SSSR count). The second-order valence-electron chi connectivity index (χ2n) is 7.22. The average Bonchev–Trinajstić information content (AvgIpc) is 3.44. The van der Waals surface area contributed by atoms with Crippen LogP contribution in [-0.4, -0.2) is 22.3 Å². The molecule has 1 aliphatic heterocycles. The van der Waals surface area contributed by atoms with Crippen molar-refractivity contribution in [2.45, 2.75) is 25.8 Å². The van der Waals surface area contributed by atoms with Gasteiger partial charge in [-0.05, 0) is 25.0 Å². The van der Waals surface area contributed by atoms with Gasteiger partial charge >= 0.3 is 0 Å². The van der Waals surface area contributed by atoms with Crippen molar-refractivity contribution in [3.8, 4) is 17.4 Å². The van der Waals surface area contributed by atoms with Crippen LogP contribution in [0.15, 0.2) is 34.7 Å². The number of nitrogen functional groups attached to an aromatic ring is 1. The number of para-hydroxylation sites is 1. The quantitative estimate of drug-likeness (QED) is 0.758. The summed E-state index contributed by atoms with van der Waals surface area (Å²) in [4.78, 5) is 18.9. The smallest absolute Gasteiger partial charge is 0.225 e. The normalized spacial score (nSPS) is 16.2. The van der Waals surface area contributed by atoms with Crippen molar-refractivity contribution in [2.24, 2.45) is 5.92 Å². The Balaban J connectivity index is 1.68. The van der Waals surface area contributed by atoms with Crippen LogP contribution in [0.4, 0.5) is 5.82 Å². The number of nitrogens with zero attached hydrogens (tertiary/aromatic N) is 3. The molecule has 3 aromatic rings. The van der Waals surface area contributed by atoms with Crippen molar-refractivity contribution in [2.75, 3.05) is 12.3 Å².